The molecular weight excluding hydrogens is 356 g/mol. The number of carbonyl (C=O) groups excluding carboxylic acids is 1. The van der Waals surface area contributed by atoms with Crippen LogP contribution >= 0.6 is 12.4 Å². The van der Waals surface area contributed by atoms with Gasteiger partial charge in [-0.1, -0.05) is 6.92 Å². The fourth-order valence-electron chi connectivity index (χ4n) is 3.57. The van der Waals surface area contributed by atoms with Crippen molar-refractivity contribution in [1.29, 1.82) is 0 Å². The van der Waals surface area contributed by atoms with Crippen LogP contribution in [0, 0.1) is 16.0 Å². The largest absolute Gasteiger partial charge is 0.366 e. The molecule has 2 saturated heterocycles. The van der Waals surface area contributed by atoms with Gasteiger partial charge in [0, 0.05) is 37.3 Å². The smallest absolute Gasteiger partial charge is 0.293 e. The molecule has 1 amide bonds. The predicted molar refractivity (Wildman–Crippen MR) is 104 cm³/mol. The molecule has 1 atom stereocenters. The number of nitro groups is 1. The van der Waals surface area contributed by atoms with E-state index in [4.69, 9.17) is 0 Å². The molecule has 144 valence electrons. The SMILES string of the molecule is CC1CCN(c2ccc(C(=O)NC3CCCNC3)cc2[N+](=O)[O-])CC1.Cl. The molecule has 2 aliphatic rings. The minimum absolute atomic E-state index is 0. The third-order valence-corrected chi connectivity index (χ3v) is 5.19. The fraction of sp³-hybridized carbons (Fsp3) is 0.611. The molecule has 1 aromatic carbocycles. The van der Waals surface area contributed by atoms with Crippen molar-refractivity contribution in [3.05, 3.63) is 33.9 Å². The van der Waals surface area contributed by atoms with E-state index < -0.39 is 0 Å². The first-order valence-electron chi connectivity index (χ1n) is 9.09. The maximum absolute atomic E-state index is 12.4. The summed E-state index contributed by atoms with van der Waals surface area (Å²) in [5.41, 5.74) is 0.989. The van der Waals surface area contributed by atoms with Crippen LogP contribution in [0.25, 0.3) is 0 Å². The van der Waals surface area contributed by atoms with E-state index in [1.54, 1.807) is 12.1 Å². The predicted octanol–water partition coefficient (Wildman–Crippen LogP) is 2.73. The average Bonchev–Trinajstić information content (AvgIpc) is 2.62. The van der Waals surface area contributed by atoms with E-state index in [1.165, 1.54) is 6.07 Å². The molecular formula is C18H27ClN4O3. The Kier molecular flexibility index (Phi) is 7.23. The second kappa shape index (κ2) is 9.19. The van der Waals surface area contributed by atoms with Crippen molar-refractivity contribution in [2.75, 3.05) is 31.1 Å². The summed E-state index contributed by atoms with van der Waals surface area (Å²) in [6.07, 6.45) is 4.03. The maximum atomic E-state index is 12.4. The molecule has 7 nitrogen and oxygen atoms in total. The van der Waals surface area contributed by atoms with Gasteiger partial charge in [-0.15, -0.1) is 12.4 Å². The number of nitrogens with one attached hydrogen (secondary N) is 2. The fourth-order valence-corrected chi connectivity index (χ4v) is 3.57. The highest BCUT2D eigenvalue weighted by atomic mass is 35.5. The van der Waals surface area contributed by atoms with Gasteiger partial charge in [-0.2, -0.15) is 0 Å². The Labute approximate surface area is 160 Å². The molecule has 0 radical (unpaired) electrons. The van der Waals surface area contributed by atoms with Crippen LogP contribution in [-0.4, -0.2) is 43.1 Å². The molecule has 3 rings (SSSR count). The van der Waals surface area contributed by atoms with Crippen LogP contribution in [0.5, 0.6) is 0 Å². The van der Waals surface area contributed by atoms with Crippen molar-refractivity contribution < 1.29 is 9.72 Å². The van der Waals surface area contributed by atoms with Crippen LogP contribution in [0.3, 0.4) is 0 Å². The van der Waals surface area contributed by atoms with Crippen LogP contribution in [0.15, 0.2) is 18.2 Å². The van der Waals surface area contributed by atoms with Gasteiger partial charge in [0.1, 0.15) is 5.69 Å². The summed E-state index contributed by atoms with van der Waals surface area (Å²) in [5, 5.41) is 17.7. The van der Waals surface area contributed by atoms with Crippen molar-refractivity contribution >= 4 is 29.7 Å². The molecule has 0 spiro atoms. The van der Waals surface area contributed by atoms with Crippen LogP contribution in [0.2, 0.25) is 0 Å². The van der Waals surface area contributed by atoms with E-state index in [0.717, 1.165) is 51.9 Å². The molecule has 0 saturated carbocycles. The highest BCUT2D eigenvalue weighted by Gasteiger charge is 2.25. The summed E-state index contributed by atoms with van der Waals surface area (Å²) in [6.45, 7) is 5.57. The number of hydrogen-bond acceptors (Lipinski definition) is 5. The molecule has 0 bridgehead atoms. The lowest BCUT2D eigenvalue weighted by atomic mass is 9.98. The Hall–Kier alpha value is -1.86. The van der Waals surface area contributed by atoms with E-state index in [2.05, 4.69) is 22.5 Å². The molecule has 8 heteroatoms. The molecule has 0 aromatic heterocycles. The molecule has 2 aliphatic heterocycles. The summed E-state index contributed by atoms with van der Waals surface area (Å²) < 4.78 is 0. The number of nitro benzene ring substituents is 1. The highest BCUT2D eigenvalue weighted by Crippen LogP contribution is 2.32. The highest BCUT2D eigenvalue weighted by molar-refractivity contribution is 5.96. The second-order valence-electron chi connectivity index (χ2n) is 7.15. The lowest BCUT2D eigenvalue weighted by Crippen LogP contribution is -2.45. The first-order chi connectivity index (χ1) is 12.0. The number of anilines is 1. The Balaban J connectivity index is 0.00000243. The molecule has 0 aliphatic carbocycles. The number of piperidine rings is 2. The van der Waals surface area contributed by atoms with Gasteiger partial charge in [-0.3, -0.25) is 14.9 Å². The number of carbonyl (C=O) groups is 1. The number of amides is 1. The van der Waals surface area contributed by atoms with E-state index >= 15 is 0 Å². The first-order valence-corrected chi connectivity index (χ1v) is 9.09. The average molecular weight is 383 g/mol. The summed E-state index contributed by atoms with van der Waals surface area (Å²) >= 11 is 0. The van der Waals surface area contributed by atoms with Crippen molar-refractivity contribution in [1.82, 2.24) is 10.6 Å². The zero-order valence-electron chi connectivity index (χ0n) is 15.1. The van der Waals surface area contributed by atoms with Crippen molar-refractivity contribution in [2.24, 2.45) is 5.92 Å². The van der Waals surface area contributed by atoms with Crippen LogP contribution in [-0.2, 0) is 0 Å². The third kappa shape index (κ3) is 4.86. The molecule has 1 unspecified atom stereocenters. The van der Waals surface area contributed by atoms with E-state index in [0.29, 0.717) is 17.2 Å². The topological polar surface area (TPSA) is 87.5 Å². The second-order valence-corrected chi connectivity index (χ2v) is 7.15. The van der Waals surface area contributed by atoms with Crippen molar-refractivity contribution in [3.63, 3.8) is 0 Å². The maximum Gasteiger partial charge on any atom is 0.293 e. The van der Waals surface area contributed by atoms with Gasteiger partial charge in [0.15, 0.2) is 0 Å². The Bertz CT molecular complexity index is 641. The minimum atomic E-state index is -0.383. The first kappa shape index (κ1) is 20.5. The van der Waals surface area contributed by atoms with Gasteiger partial charge < -0.3 is 15.5 Å². The zero-order valence-corrected chi connectivity index (χ0v) is 15.9. The zero-order chi connectivity index (χ0) is 17.8. The lowest BCUT2D eigenvalue weighted by molar-refractivity contribution is -0.384. The molecule has 2 N–H and O–H groups in total. The van der Waals surface area contributed by atoms with Crippen molar-refractivity contribution in [2.45, 2.75) is 38.6 Å². The van der Waals surface area contributed by atoms with E-state index in [-0.39, 0.29) is 35.0 Å². The van der Waals surface area contributed by atoms with Crippen LogP contribution in [0.1, 0.15) is 43.0 Å². The normalized spacial score (nSPS) is 21.0. The summed E-state index contributed by atoms with van der Waals surface area (Å²) in [7, 11) is 0. The summed E-state index contributed by atoms with van der Waals surface area (Å²) in [4.78, 5) is 25.7. The van der Waals surface area contributed by atoms with Gasteiger partial charge in [-0.25, -0.2) is 0 Å². The summed E-state index contributed by atoms with van der Waals surface area (Å²) in [6, 6.07) is 4.93. The Morgan fingerprint density at radius 2 is 2.04 bits per heavy atom. The Morgan fingerprint density at radius 1 is 1.31 bits per heavy atom. The van der Waals surface area contributed by atoms with Gasteiger partial charge in [0.2, 0.25) is 0 Å². The number of benzene rings is 1. The van der Waals surface area contributed by atoms with Crippen molar-refractivity contribution in [3.8, 4) is 0 Å². The number of nitrogens with zero attached hydrogens (tertiary/aromatic N) is 2. The number of rotatable bonds is 4. The number of halogens is 1. The Morgan fingerprint density at radius 3 is 2.65 bits per heavy atom. The van der Waals surface area contributed by atoms with E-state index in [9.17, 15) is 14.9 Å². The quantitative estimate of drug-likeness (QED) is 0.617. The lowest BCUT2D eigenvalue weighted by Gasteiger charge is -2.31. The van der Waals surface area contributed by atoms with Gasteiger partial charge in [0.05, 0.1) is 4.92 Å². The molecule has 26 heavy (non-hydrogen) atoms. The standard InChI is InChI=1S/C18H26N4O3.ClH/c1-13-6-9-21(10-7-13)16-5-4-14(11-17(16)22(24)25)18(23)20-15-3-2-8-19-12-15;/h4-5,11,13,15,19H,2-3,6-10,12H2,1H3,(H,20,23);1H. The van der Waals surface area contributed by atoms with Gasteiger partial charge in [0.25, 0.3) is 11.6 Å². The third-order valence-electron chi connectivity index (χ3n) is 5.19. The van der Waals surface area contributed by atoms with E-state index in [1.807, 2.05) is 0 Å². The molecule has 1 aromatic rings. The monoisotopic (exact) mass is 382 g/mol. The van der Waals surface area contributed by atoms with Crippen LogP contribution < -0.4 is 15.5 Å². The number of hydrogen-bond donors (Lipinski definition) is 2. The molecule has 2 fully saturated rings. The van der Waals surface area contributed by atoms with Gasteiger partial charge >= 0.3 is 0 Å². The minimum Gasteiger partial charge on any atom is -0.366 e. The van der Waals surface area contributed by atoms with Gasteiger partial charge in [-0.05, 0) is 50.3 Å². The summed E-state index contributed by atoms with van der Waals surface area (Å²) in [5.74, 6) is 0.417. The van der Waals surface area contributed by atoms with Crippen LogP contribution in [0.4, 0.5) is 11.4 Å². The molecule has 2 heterocycles.